The highest BCUT2D eigenvalue weighted by atomic mass is 19.4. The van der Waals surface area contributed by atoms with Gasteiger partial charge < -0.3 is 18.6 Å². The Morgan fingerprint density at radius 1 is 0.594 bits per heavy atom. The first-order valence-corrected chi connectivity index (χ1v) is 19.6. The van der Waals surface area contributed by atoms with Gasteiger partial charge in [-0.1, -0.05) is 12.1 Å². The first kappa shape index (κ1) is 46.6. The maximum Gasteiger partial charge on any atom is 0.420 e. The number of ether oxygens (including phenoxy) is 2. The van der Waals surface area contributed by atoms with Gasteiger partial charge >= 0.3 is 12.4 Å². The number of nitrogens with one attached hydrogen (secondary N) is 1. The number of fused-ring (bicyclic) bond motifs is 2. The summed E-state index contributed by atoms with van der Waals surface area (Å²) in [5.74, 6) is -4.21. The zero-order valence-electron chi connectivity index (χ0n) is 34.5. The molecule has 0 aliphatic carbocycles. The highest BCUT2D eigenvalue weighted by Gasteiger charge is 2.36. The number of tetrazole rings is 1. The van der Waals surface area contributed by atoms with Crippen molar-refractivity contribution in [1.82, 2.24) is 39.7 Å². The molecule has 3 aromatic heterocycles. The van der Waals surface area contributed by atoms with Crippen LogP contribution in [0.15, 0.2) is 131 Å². The summed E-state index contributed by atoms with van der Waals surface area (Å²) in [6, 6.07) is 22.0. The Balaban J connectivity index is 0.000000187. The molecular formula is C46H25F10N9O4. The van der Waals surface area contributed by atoms with Crippen LogP contribution in [0.2, 0.25) is 0 Å². The van der Waals surface area contributed by atoms with E-state index >= 15 is 0 Å². The lowest BCUT2D eigenvalue weighted by atomic mass is 10.1. The minimum Gasteiger partial charge on any atom is -0.457 e. The van der Waals surface area contributed by atoms with Gasteiger partial charge in [0.15, 0.2) is 0 Å². The maximum atomic E-state index is 14.1. The maximum absolute atomic E-state index is 14.1. The quantitative estimate of drug-likeness (QED) is 0.138. The van der Waals surface area contributed by atoms with Gasteiger partial charge in [0, 0.05) is 28.8 Å². The number of H-pyrrole nitrogens is 1. The Labute approximate surface area is 379 Å². The van der Waals surface area contributed by atoms with Crippen LogP contribution in [-0.2, 0) is 25.4 Å². The third kappa shape index (κ3) is 10.4. The Morgan fingerprint density at radius 2 is 1.09 bits per heavy atom. The lowest BCUT2D eigenvalue weighted by molar-refractivity contribution is -0.139. The number of halogens is 10. The molecule has 0 spiro atoms. The van der Waals surface area contributed by atoms with Gasteiger partial charge in [-0.2, -0.15) is 46.8 Å². The lowest BCUT2D eigenvalue weighted by Gasteiger charge is -2.15. The summed E-state index contributed by atoms with van der Waals surface area (Å²) >= 11 is 0. The standard InChI is InChI=1S/C23H13F5N6O2.C23H12F5N3O2/c24-14-3-1-13(18(25)8-14)10-34-11-29-22(35)16-9-15(4-5-19(16)34)36-20-6-2-12(21-30-32-33-31-21)7-17(20)23(26,27)28;24-15-3-2-14(19(25)8-15)11-31-12-30-22(32)17-9-16(4-5-20(17)31)33-21-6-1-13(10-29)7-18(21)23(26,27)28/h1-9,11H,10H2,(H,30,31,32,33);1-9,12H,11H2. The summed E-state index contributed by atoms with van der Waals surface area (Å²) in [7, 11) is 0. The van der Waals surface area contributed by atoms with Crippen LogP contribution in [0.25, 0.3) is 33.2 Å². The van der Waals surface area contributed by atoms with Gasteiger partial charge in [-0.15, -0.1) is 10.2 Å². The molecule has 0 unspecified atom stereocenters. The van der Waals surface area contributed by atoms with E-state index in [9.17, 15) is 53.5 Å². The fraction of sp³-hybridized carbons (Fsp3) is 0.0870. The molecule has 0 atom stereocenters. The summed E-state index contributed by atoms with van der Waals surface area (Å²) in [6.45, 7) is -0.129. The number of alkyl halides is 6. The normalized spacial score (nSPS) is 11.6. The summed E-state index contributed by atoms with van der Waals surface area (Å²) in [5.41, 5.74) is -2.71. The molecule has 1 N–H and O–H groups in total. The smallest absolute Gasteiger partial charge is 0.420 e. The molecule has 69 heavy (non-hydrogen) atoms. The topological polar surface area (TPSA) is 166 Å². The molecule has 0 amide bonds. The zero-order valence-corrected chi connectivity index (χ0v) is 34.5. The largest absolute Gasteiger partial charge is 0.457 e. The summed E-state index contributed by atoms with van der Waals surface area (Å²) in [5, 5.41) is 21.8. The van der Waals surface area contributed by atoms with E-state index in [-0.39, 0.29) is 63.4 Å². The van der Waals surface area contributed by atoms with E-state index in [1.807, 2.05) is 0 Å². The van der Waals surface area contributed by atoms with E-state index in [0.717, 1.165) is 42.5 Å². The van der Waals surface area contributed by atoms with Crippen LogP contribution in [0.5, 0.6) is 23.0 Å². The second-order valence-electron chi connectivity index (χ2n) is 14.7. The van der Waals surface area contributed by atoms with Gasteiger partial charge in [0.2, 0.25) is 5.82 Å². The summed E-state index contributed by atoms with van der Waals surface area (Å²) in [6.07, 6.45) is -7.14. The predicted octanol–water partition coefficient (Wildman–Crippen LogP) is 10.1. The monoisotopic (exact) mass is 957 g/mol. The molecule has 13 nitrogen and oxygen atoms in total. The third-order valence-corrected chi connectivity index (χ3v) is 10.1. The zero-order chi connectivity index (χ0) is 49.2. The number of aromatic amines is 1. The van der Waals surface area contributed by atoms with Gasteiger partial charge in [0.1, 0.15) is 46.3 Å². The fourth-order valence-corrected chi connectivity index (χ4v) is 6.86. The van der Waals surface area contributed by atoms with Crippen molar-refractivity contribution in [2.24, 2.45) is 0 Å². The molecule has 6 aromatic carbocycles. The van der Waals surface area contributed by atoms with Gasteiger partial charge in [-0.3, -0.25) is 9.59 Å². The van der Waals surface area contributed by atoms with Crippen molar-refractivity contribution in [3.8, 4) is 40.5 Å². The first-order chi connectivity index (χ1) is 32.8. The third-order valence-electron chi connectivity index (χ3n) is 10.1. The van der Waals surface area contributed by atoms with Gasteiger partial charge in [0.05, 0.1) is 70.3 Å². The summed E-state index contributed by atoms with van der Waals surface area (Å²) < 4.78 is 150. The van der Waals surface area contributed by atoms with Crippen molar-refractivity contribution in [2.45, 2.75) is 25.4 Å². The Hall–Kier alpha value is -8.94. The molecule has 348 valence electrons. The predicted molar refractivity (Wildman–Crippen MR) is 224 cm³/mol. The Kier molecular flexibility index (Phi) is 12.7. The molecule has 0 bridgehead atoms. The van der Waals surface area contributed by atoms with Crippen molar-refractivity contribution in [1.29, 1.82) is 5.26 Å². The number of hydrogen-bond donors (Lipinski definition) is 1. The highest BCUT2D eigenvalue weighted by molar-refractivity contribution is 5.81. The average molecular weight is 958 g/mol. The van der Waals surface area contributed by atoms with Crippen molar-refractivity contribution in [3.63, 3.8) is 0 Å². The molecule has 0 radical (unpaired) electrons. The number of rotatable bonds is 9. The van der Waals surface area contributed by atoms with Crippen LogP contribution < -0.4 is 20.6 Å². The van der Waals surface area contributed by atoms with E-state index in [0.29, 0.717) is 17.1 Å². The summed E-state index contributed by atoms with van der Waals surface area (Å²) in [4.78, 5) is 32.2. The number of nitrogens with zero attached hydrogens (tertiary/aromatic N) is 8. The number of aromatic nitrogens is 8. The first-order valence-electron chi connectivity index (χ1n) is 19.6. The molecule has 0 saturated heterocycles. The molecule has 0 fully saturated rings. The van der Waals surface area contributed by atoms with Gasteiger partial charge in [-0.05, 0) is 90.1 Å². The molecule has 0 aliphatic heterocycles. The van der Waals surface area contributed by atoms with Crippen LogP contribution >= 0.6 is 0 Å². The van der Waals surface area contributed by atoms with Crippen molar-refractivity contribution in [3.05, 3.63) is 194 Å². The molecule has 23 heteroatoms. The van der Waals surface area contributed by atoms with E-state index in [1.54, 1.807) is 6.07 Å². The molecule has 9 aromatic rings. The minimum atomic E-state index is -4.77. The molecule has 0 saturated carbocycles. The van der Waals surface area contributed by atoms with E-state index < -0.39 is 69.4 Å². The average Bonchev–Trinajstić information content (AvgIpc) is 3.85. The van der Waals surface area contributed by atoms with Crippen molar-refractivity contribution < 1.29 is 53.4 Å². The Bertz CT molecular complexity index is 3570. The van der Waals surface area contributed by atoms with E-state index in [1.165, 1.54) is 82.5 Å². The van der Waals surface area contributed by atoms with Crippen molar-refractivity contribution >= 4 is 21.8 Å². The molecule has 0 aliphatic rings. The number of hydrogen-bond acceptors (Lipinski definition) is 10. The second kappa shape index (κ2) is 18.7. The van der Waals surface area contributed by atoms with Crippen LogP contribution in [-0.4, -0.2) is 39.7 Å². The molecule has 9 rings (SSSR count). The van der Waals surface area contributed by atoms with Crippen molar-refractivity contribution in [2.75, 3.05) is 0 Å². The SMILES string of the molecule is N#Cc1ccc(Oc2ccc3c(c2)c(=O)ncn3Cc2ccc(F)cc2F)c(C(F)(F)F)c1.O=c1ncn(Cc2ccc(F)cc2F)c2ccc(Oc3ccc(-c4nn[nH]n4)cc3C(F)(F)F)cc12. The minimum absolute atomic E-state index is 0.0260. The van der Waals surface area contributed by atoms with Gasteiger partial charge in [-0.25, -0.2) is 17.6 Å². The van der Waals surface area contributed by atoms with Crippen LogP contribution in [0.3, 0.4) is 0 Å². The second-order valence-corrected chi connectivity index (χ2v) is 14.7. The highest BCUT2D eigenvalue weighted by Crippen LogP contribution is 2.41. The van der Waals surface area contributed by atoms with Gasteiger partial charge in [0.25, 0.3) is 11.1 Å². The molecule has 3 heterocycles. The molecular weight excluding hydrogens is 933 g/mol. The number of benzene rings is 6. The fourth-order valence-electron chi connectivity index (χ4n) is 6.86. The van der Waals surface area contributed by atoms with E-state index in [4.69, 9.17) is 14.7 Å². The van der Waals surface area contributed by atoms with Crippen LogP contribution in [0.1, 0.15) is 27.8 Å². The lowest BCUT2D eigenvalue weighted by Crippen LogP contribution is -2.14. The van der Waals surface area contributed by atoms with Crippen LogP contribution in [0.4, 0.5) is 43.9 Å². The Morgan fingerprint density at radius 3 is 1.54 bits per heavy atom. The number of nitriles is 1. The van der Waals surface area contributed by atoms with Crippen LogP contribution in [0, 0.1) is 34.6 Å². The van der Waals surface area contributed by atoms with E-state index in [2.05, 4.69) is 30.6 Å².